The Bertz CT molecular complexity index is 498. The van der Waals surface area contributed by atoms with E-state index in [1.165, 1.54) is 5.56 Å². The zero-order chi connectivity index (χ0) is 13.1. The maximum atomic E-state index is 4.51. The molecule has 2 rings (SSSR count). The van der Waals surface area contributed by atoms with Gasteiger partial charge in [0.1, 0.15) is 5.82 Å². The summed E-state index contributed by atoms with van der Waals surface area (Å²) >= 11 is 0. The van der Waals surface area contributed by atoms with Crippen molar-refractivity contribution in [2.24, 2.45) is 0 Å². The van der Waals surface area contributed by atoms with Gasteiger partial charge in [0.2, 0.25) is 0 Å². The summed E-state index contributed by atoms with van der Waals surface area (Å²) in [6.45, 7) is 8.68. The highest BCUT2D eigenvalue weighted by molar-refractivity contribution is 5.52. The molecule has 1 aromatic heterocycles. The van der Waals surface area contributed by atoms with E-state index >= 15 is 0 Å². The van der Waals surface area contributed by atoms with Crippen LogP contribution in [0.5, 0.6) is 0 Å². The summed E-state index contributed by atoms with van der Waals surface area (Å²) in [5, 5.41) is 8.02. The van der Waals surface area contributed by atoms with Gasteiger partial charge in [-0.1, -0.05) is 32.0 Å². The topological polar surface area (TPSA) is 29.9 Å². The van der Waals surface area contributed by atoms with Crippen LogP contribution in [0, 0.1) is 0 Å². The van der Waals surface area contributed by atoms with Gasteiger partial charge in [-0.2, -0.15) is 5.10 Å². The van der Waals surface area contributed by atoms with Gasteiger partial charge in [0.25, 0.3) is 0 Å². The highest BCUT2D eigenvalue weighted by Gasteiger charge is 2.15. The quantitative estimate of drug-likeness (QED) is 0.884. The van der Waals surface area contributed by atoms with E-state index in [1.807, 2.05) is 29.1 Å². The molecule has 2 aromatic rings. The van der Waals surface area contributed by atoms with E-state index in [4.69, 9.17) is 0 Å². The second kappa shape index (κ2) is 5.25. The number of hydrogen-bond acceptors (Lipinski definition) is 2. The van der Waals surface area contributed by atoms with Crippen LogP contribution in [0.4, 0.5) is 5.82 Å². The van der Waals surface area contributed by atoms with Gasteiger partial charge in [0, 0.05) is 11.6 Å². The van der Waals surface area contributed by atoms with Gasteiger partial charge in [-0.05, 0) is 31.9 Å². The molecule has 0 amide bonds. The van der Waals surface area contributed by atoms with E-state index < -0.39 is 0 Å². The Morgan fingerprint density at radius 3 is 2.28 bits per heavy atom. The Balaban J connectivity index is 2.48. The first kappa shape index (κ1) is 12.7. The Labute approximate surface area is 109 Å². The molecule has 3 heteroatoms. The number of para-hydroxylation sites is 1. The van der Waals surface area contributed by atoms with Gasteiger partial charge in [-0.3, -0.25) is 0 Å². The molecule has 0 saturated heterocycles. The first-order valence-corrected chi connectivity index (χ1v) is 6.49. The van der Waals surface area contributed by atoms with Gasteiger partial charge in [-0.25, -0.2) is 4.68 Å². The summed E-state index contributed by atoms with van der Waals surface area (Å²) in [6.07, 6.45) is 1.96. The van der Waals surface area contributed by atoms with Gasteiger partial charge in [0.05, 0.1) is 11.9 Å². The first-order valence-electron chi connectivity index (χ1n) is 6.49. The molecule has 0 bridgehead atoms. The molecule has 0 aliphatic carbocycles. The molecule has 1 N–H and O–H groups in total. The highest BCUT2D eigenvalue weighted by atomic mass is 15.3. The molecule has 0 atom stereocenters. The lowest BCUT2D eigenvalue weighted by molar-refractivity contribution is 0.817. The minimum absolute atomic E-state index is 0.390. The lowest BCUT2D eigenvalue weighted by Crippen LogP contribution is -2.15. The zero-order valence-corrected chi connectivity index (χ0v) is 11.5. The second-order valence-electron chi connectivity index (χ2n) is 5.15. The van der Waals surface area contributed by atoms with Gasteiger partial charge in [-0.15, -0.1) is 0 Å². The molecule has 0 saturated carbocycles. The van der Waals surface area contributed by atoms with Crippen molar-refractivity contribution in [1.29, 1.82) is 0 Å². The fourth-order valence-corrected chi connectivity index (χ4v) is 1.97. The first-order chi connectivity index (χ1) is 8.59. The fourth-order valence-electron chi connectivity index (χ4n) is 1.97. The van der Waals surface area contributed by atoms with Crippen molar-refractivity contribution in [2.45, 2.75) is 39.7 Å². The Hall–Kier alpha value is -1.77. The van der Waals surface area contributed by atoms with E-state index in [-0.39, 0.29) is 0 Å². The molecule has 18 heavy (non-hydrogen) atoms. The van der Waals surface area contributed by atoms with Crippen molar-refractivity contribution in [3.8, 4) is 5.69 Å². The summed E-state index contributed by atoms with van der Waals surface area (Å²) in [7, 11) is 0. The summed E-state index contributed by atoms with van der Waals surface area (Å²) in [4.78, 5) is 0. The standard InChI is InChI=1S/C15H21N3/c1-11(2)14-10-16-18(15(14)17-12(3)4)13-8-6-5-7-9-13/h5-12,17H,1-4H3. The van der Waals surface area contributed by atoms with E-state index in [2.05, 4.69) is 50.2 Å². The van der Waals surface area contributed by atoms with E-state index in [1.54, 1.807) is 0 Å². The molecule has 0 fully saturated rings. The van der Waals surface area contributed by atoms with Crippen LogP contribution in [0.1, 0.15) is 39.2 Å². The maximum absolute atomic E-state index is 4.51. The molecule has 96 valence electrons. The largest absolute Gasteiger partial charge is 0.368 e. The van der Waals surface area contributed by atoms with Crippen LogP contribution >= 0.6 is 0 Å². The van der Waals surface area contributed by atoms with Crippen LogP contribution in [0.3, 0.4) is 0 Å². The average Bonchev–Trinajstić information content (AvgIpc) is 2.73. The van der Waals surface area contributed by atoms with Gasteiger partial charge < -0.3 is 5.32 Å². The monoisotopic (exact) mass is 243 g/mol. The SMILES string of the molecule is CC(C)Nc1c(C(C)C)cnn1-c1ccccc1. The maximum Gasteiger partial charge on any atom is 0.133 e. The van der Waals surface area contributed by atoms with Crippen molar-refractivity contribution in [2.75, 3.05) is 5.32 Å². The van der Waals surface area contributed by atoms with Gasteiger partial charge >= 0.3 is 0 Å². The number of rotatable bonds is 4. The smallest absolute Gasteiger partial charge is 0.133 e. The van der Waals surface area contributed by atoms with E-state index in [9.17, 15) is 0 Å². The predicted octanol–water partition coefficient (Wildman–Crippen LogP) is 3.82. The van der Waals surface area contributed by atoms with Crippen LogP contribution in [-0.4, -0.2) is 15.8 Å². The normalized spacial score (nSPS) is 11.2. The summed E-state index contributed by atoms with van der Waals surface area (Å²) in [5.41, 5.74) is 2.35. The van der Waals surface area contributed by atoms with Crippen LogP contribution in [0.25, 0.3) is 5.69 Å². The van der Waals surface area contributed by atoms with Crippen molar-refractivity contribution in [3.63, 3.8) is 0 Å². The molecule has 1 heterocycles. The Morgan fingerprint density at radius 1 is 1.06 bits per heavy atom. The predicted molar refractivity (Wildman–Crippen MR) is 76.4 cm³/mol. The lowest BCUT2D eigenvalue weighted by Gasteiger charge is -2.16. The highest BCUT2D eigenvalue weighted by Crippen LogP contribution is 2.27. The lowest BCUT2D eigenvalue weighted by atomic mass is 10.1. The van der Waals surface area contributed by atoms with Crippen molar-refractivity contribution in [1.82, 2.24) is 9.78 Å². The minimum atomic E-state index is 0.390. The number of aromatic nitrogens is 2. The van der Waals surface area contributed by atoms with Crippen molar-refractivity contribution in [3.05, 3.63) is 42.1 Å². The number of anilines is 1. The van der Waals surface area contributed by atoms with Crippen LogP contribution < -0.4 is 5.32 Å². The number of hydrogen-bond donors (Lipinski definition) is 1. The number of benzene rings is 1. The van der Waals surface area contributed by atoms with Crippen LogP contribution in [0.2, 0.25) is 0 Å². The third-order valence-corrected chi connectivity index (χ3v) is 2.85. The molecule has 0 radical (unpaired) electrons. The molecular weight excluding hydrogens is 222 g/mol. The van der Waals surface area contributed by atoms with Crippen molar-refractivity contribution >= 4 is 5.82 Å². The van der Waals surface area contributed by atoms with Crippen LogP contribution in [-0.2, 0) is 0 Å². The second-order valence-corrected chi connectivity index (χ2v) is 5.15. The Kier molecular flexibility index (Phi) is 3.70. The van der Waals surface area contributed by atoms with Crippen LogP contribution in [0.15, 0.2) is 36.5 Å². The molecule has 0 unspecified atom stereocenters. The molecular formula is C15H21N3. The summed E-state index contributed by atoms with van der Waals surface area (Å²) in [6, 6.07) is 10.6. The summed E-state index contributed by atoms with van der Waals surface area (Å²) in [5.74, 6) is 1.56. The van der Waals surface area contributed by atoms with E-state index in [0.717, 1.165) is 11.5 Å². The minimum Gasteiger partial charge on any atom is -0.368 e. The molecule has 0 aliphatic heterocycles. The number of nitrogens with one attached hydrogen (secondary N) is 1. The molecule has 0 spiro atoms. The molecule has 0 aliphatic rings. The average molecular weight is 243 g/mol. The molecule has 3 nitrogen and oxygen atoms in total. The Morgan fingerprint density at radius 2 is 1.72 bits per heavy atom. The number of nitrogens with zero attached hydrogens (tertiary/aromatic N) is 2. The fraction of sp³-hybridized carbons (Fsp3) is 0.400. The zero-order valence-electron chi connectivity index (χ0n) is 11.5. The molecule has 1 aromatic carbocycles. The third-order valence-electron chi connectivity index (χ3n) is 2.85. The van der Waals surface area contributed by atoms with Gasteiger partial charge in [0.15, 0.2) is 0 Å². The van der Waals surface area contributed by atoms with E-state index in [0.29, 0.717) is 12.0 Å². The van der Waals surface area contributed by atoms with Crippen molar-refractivity contribution < 1.29 is 0 Å². The third kappa shape index (κ3) is 2.55. The summed E-state index contributed by atoms with van der Waals surface area (Å²) < 4.78 is 1.98.